The van der Waals surface area contributed by atoms with Gasteiger partial charge in [-0.25, -0.2) is 0 Å². The van der Waals surface area contributed by atoms with Gasteiger partial charge in [0.05, 0.1) is 0 Å². The van der Waals surface area contributed by atoms with E-state index in [0.29, 0.717) is 6.42 Å². The van der Waals surface area contributed by atoms with Gasteiger partial charge >= 0.3 is 5.97 Å². The molecule has 92 valence electrons. The minimum absolute atomic E-state index is 0.0308. The summed E-state index contributed by atoms with van der Waals surface area (Å²) in [7, 11) is 0. The van der Waals surface area contributed by atoms with Gasteiger partial charge in [-0.05, 0) is 38.0 Å². The van der Waals surface area contributed by atoms with Crippen LogP contribution in [0.15, 0.2) is 0 Å². The Bertz CT molecular complexity index is 261. The third kappa shape index (κ3) is 2.58. The van der Waals surface area contributed by atoms with Gasteiger partial charge in [0.2, 0.25) is 0 Å². The average molecular weight is 224 g/mol. The molecule has 0 radical (unpaired) electrons. The fraction of sp³-hybridized carbons (Fsp3) is 0.929. The molecule has 2 aliphatic rings. The van der Waals surface area contributed by atoms with Crippen molar-refractivity contribution in [2.75, 3.05) is 0 Å². The average Bonchev–Trinajstić information content (AvgIpc) is 2.28. The molecule has 2 saturated carbocycles. The van der Waals surface area contributed by atoms with Gasteiger partial charge < -0.3 is 4.74 Å². The Labute approximate surface area is 98.7 Å². The molecule has 3 unspecified atom stereocenters. The molecule has 2 aliphatic carbocycles. The van der Waals surface area contributed by atoms with Gasteiger partial charge in [-0.2, -0.15) is 0 Å². The van der Waals surface area contributed by atoms with Crippen molar-refractivity contribution in [3.8, 4) is 0 Å². The Balaban J connectivity index is 1.95. The number of rotatable bonds is 2. The highest BCUT2D eigenvalue weighted by atomic mass is 16.6. The van der Waals surface area contributed by atoms with Gasteiger partial charge in [0.25, 0.3) is 0 Å². The van der Waals surface area contributed by atoms with E-state index < -0.39 is 0 Å². The lowest BCUT2D eigenvalue weighted by Crippen LogP contribution is -2.41. The standard InChI is InChI=1S/C14H24O2/c1-3-13(15)16-14(2)9-8-11-6-4-5-7-12(11)10-14/h11-12H,3-10H2,1-2H3. The molecule has 0 aromatic carbocycles. The number of carbonyl (C=O) groups is 1. The second-order valence-electron chi connectivity index (χ2n) is 5.82. The summed E-state index contributed by atoms with van der Waals surface area (Å²) in [6.45, 7) is 4.00. The molecule has 16 heavy (non-hydrogen) atoms. The number of fused-ring (bicyclic) bond motifs is 1. The number of hydrogen-bond donors (Lipinski definition) is 0. The monoisotopic (exact) mass is 224 g/mol. The zero-order valence-electron chi connectivity index (χ0n) is 10.6. The van der Waals surface area contributed by atoms with Crippen molar-refractivity contribution < 1.29 is 9.53 Å². The maximum absolute atomic E-state index is 11.4. The summed E-state index contributed by atoms with van der Waals surface area (Å²) >= 11 is 0. The number of carbonyl (C=O) groups excluding carboxylic acids is 1. The van der Waals surface area contributed by atoms with Crippen LogP contribution in [0, 0.1) is 11.8 Å². The van der Waals surface area contributed by atoms with E-state index in [0.717, 1.165) is 24.7 Å². The van der Waals surface area contributed by atoms with Gasteiger partial charge in [-0.1, -0.05) is 32.6 Å². The van der Waals surface area contributed by atoms with Crippen LogP contribution in [0.1, 0.15) is 65.2 Å². The van der Waals surface area contributed by atoms with Crippen LogP contribution < -0.4 is 0 Å². The molecule has 0 bridgehead atoms. The van der Waals surface area contributed by atoms with Crippen molar-refractivity contribution in [1.29, 1.82) is 0 Å². The maximum Gasteiger partial charge on any atom is 0.306 e. The second-order valence-corrected chi connectivity index (χ2v) is 5.82. The zero-order valence-corrected chi connectivity index (χ0v) is 10.6. The molecule has 2 rings (SSSR count). The molecule has 2 nitrogen and oxygen atoms in total. The highest BCUT2D eigenvalue weighted by Crippen LogP contribution is 2.45. The van der Waals surface area contributed by atoms with Gasteiger partial charge in [0.1, 0.15) is 5.60 Å². The summed E-state index contributed by atoms with van der Waals surface area (Å²) in [4.78, 5) is 11.4. The molecule has 0 heterocycles. The summed E-state index contributed by atoms with van der Waals surface area (Å²) < 4.78 is 5.64. The number of esters is 1. The Morgan fingerprint density at radius 2 is 1.94 bits per heavy atom. The van der Waals surface area contributed by atoms with Gasteiger partial charge in [0.15, 0.2) is 0 Å². The van der Waals surface area contributed by atoms with Crippen LogP contribution in [-0.2, 0) is 9.53 Å². The highest BCUT2D eigenvalue weighted by Gasteiger charge is 2.40. The fourth-order valence-electron chi connectivity index (χ4n) is 3.52. The van der Waals surface area contributed by atoms with Crippen LogP contribution in [0.5, 0.6) is 0 Å². The molecule has 0 spiro atoms. The molecule has 0 aliphatic heterocycles. The molecule has 3 atom stereocenters. The van der Waals surface area contributed by atoms with Crippen molar-refractivity contribution >= 4 is 5.97 Å². The predicted octanol–water partition coefficient (Wildman–Crippen LogP) is 3.69. The molecule has 0 aromatic rings. The van der Waals surface area contributed by atoms with E-state index in [1.54, 1.807) is 0 Å². The van der Waals surface area contributed by atoms with Crippen molar-refractivity contribution in [3.05, 3.63) is 0 Å². The first-order valence-corrected chi connectivity index (χ1v) is 6.85. The first kappa shape index (κ1) is 11.9. The topological polar surface area (TPSA) is 26.3 Å². The number of ether oxygens (including phenoxy) is 1. The first-order valence-electron chi connectivity index (χ1n) is 6.85. The number of hydrogen-bond acceptors (Lipinski definition) is 2. The highest BCUT2D eigenvalue weighted by molar-refractivity contribution is 5.69. The lowest BCUT2D eigenvalue weighted by molar-refractivity contribution is -0.164. The molecule has 2 fully saturated rings. The van der Waals surface area contributed by atoms with E-state index in [2.05, 4.69) is 6.92 Å². The van der Waals surface area contributed by atoms with Crippen LogP contribution in [0.4, 0.5) is 0 Å². The van der Waals surface area contributed by atoms with Crippen molar-refractivity contribution in [3.63, 3.8) is 0 Å². The molecule has 0 saturated heterocycles. The SMILES string of the molecule is CCC(=O)OC1(C)CCC2CCCCC2C1. The smallest absolute Gasteiger partial charge is 0.306 e. The zero-order chi connectivity index (χ0) is 11.6. The largest absolute Gasteiger partial charge is 0.459 e. The molecular formula is C14H24O2. The van der Waals surface area contributed by atoms with Crippen molar-refractivity contribution in [1.82, 2.24) is 0 Å². The lowest BCUT2D eigenvalue weighted by atomic mass is 9.66. The van der Waals surface area contributed by atoms with Gasteiger partial charge in [-0.3, -0.25) is 4.79 Å². The minimum Gasteiger partial charge on any atom is -0.459 e. The van der Waals surface area contributed by atoms with E-state index in [-0.39, 0.29) is 11.6 Å². The van der Waals surface area contributed by atoms with Crippen LogP contribution in [-0.4, -0.2) is 11.6 Å². The molecule has 0 N–H and O–H groups in total. The molecule has 0 aromatic heterocycles. The Morgan fingerprint density at radius 1 is 1.25 bits per heavy atom. The van der Waals surface area contributed by atoms with E-state index in [9.17, 15) is 4.79 Å². The van der Waals surface area contributed by atoms with Crippen molar-refractivity contribution in [2.24, 2.45) is 11.8 Å². The fourth-order valence-corrected chi connectivity index (χ4v) is 3.52. The van der Waals surface area contributed by atoms with Crippen LogP contribution in [0.25, 0.3) is 0 Å². The Hall–Kier alpha value is -0.530. The predicted molar refractivity (Wildman–Crippen MR) is 64.1 cm³/mol. The Morgan fingerprint density at radius 3 is 2.62 bits per heavy atom. The van der Waals surface area contributed by atoms with E-state index in [4.69, 9.17) is 4.74 Å². The maximum atomic E-state index is 11.4. The van der Waals surface area contributed by atoms with E-state index >= 15 is 0 Å². The second kappa shape index (κ2) is 4.77. The van der Waals surface area contributed by atoms with Crippen LogP contribution >= 0.6 is 0 Å². The summed E-state index contributed by atoms with van der Waals surface area (Å²) in [6, 6.07) is 0. The summed E-state index contributed by atoms with van der Waals surface area (Å²) in [6.07, 6.45) is 9.48. The summed E-state index contributed by atoms with van der Waals surface area (Å²) in [5.41, 5.74) is -0.161. The minimum atomic E-state index is -0.161. The van der Waals surface area contributed by atoms with Gasteiger partial charge in [0, 0.05) is 6.42 Å². The van der Waals surface area contributed by atoms with Crippen LogP contribution in [0.3, 0.4) is 0 Å². The van der Waals surface area contributed by atoms with Crippen LogP contribution in [0.2, 0.25) is 0 Å². The summed E-state index contributed by atoms with van der Waals surface area (Å²) in [5, 5.41) is 0. The third-order valence-corrected chi connectivity index (χ3v) is 4.45. The Kier molecular flexibility index (Phi) is 3.56. The third-order valence-electron chi connectivity index (χ3n) is 4.45. The molecule has 0 amide bonds. The lowest BCUT2D eigenvalue weighted by Gasteiger charge is -2.44. The molecular weight excluding hydrogens is 200 g/mol. The van der Waals surface area contributed by atoms with E-state index in [1.807, 2.05) is 6.92 Å². The van der Waals surface area contributed by atoms with Crippen molar-refractivity contribution in [2.45, 2.75) is 70.8 Å². The van der Waals surface area contributed by atoms with Gasteiger partial charge in [-0.15, -0.1) is 0 Å². The first-order chi connectivity index (χ1) is 7.63. The normalized spacial score (nSPS) is 38.9. The summed E-state index contributed by atoms with van der Waals surface area (Å²) in [5.74, 6) is 1.70. The molecule has 2 heteroatoms. The quantitative estimate of drug-likeness (QED) is 0.669. The van der Waals surface area contributed by atoms with E-state index in [1.165, 1.54) is 32.1 Å².